The number of nitrogens with one attached hydrogen (secondary N) is 1. The standard InChI is InChI=1S/C18H16F2N2O3/c1-11(23)22-9-8-12-10-13(6-7-15(12)22)21-17(24)14-4-2-3-5-16(14)25-18(19)20/h2-7,10,18H,8-9H2,1H3,(H,21,24). The van der Waals surface area contributed by atoms with Crippen LogP contribution < -0.4 is 15.0 Å². The second-order valence-electron chi connectivity index (χ2n) is 5.59. The Balaban J connectivity index is 1.80. The Morgan fingerprint density at radius 2 is 1.96 bits per heavy atom. The van der Waals surface area contributed by atoms with Crippen molar-refractivity contribution in [2.45, 2.75) is 20.0 Å². The molecule has 0 aromatic heterocycles. The van der Waals surface area contributed by atoms with Crippen LogP contribution in [-0.2, 0) is 11.2 Å². The fraction of sp³-hybridized carbons (Fsp3) is 0.222. The minimum absolute atomic E-state index is 0.0219. The third-order valence-corrected chi connectivity index (χ3v) is 3.96. The maximum atomic E-state index is 12.5. The molecule has 130 valence electrons. The van der Waals surface area contributed by atoms with Gasteiger partial charge in [0.2, 0.25) is 5.91 Å². The highest BCUT2D eigenvalue weighted by Crippen LogP contribution is 2.31. The maximum Gasteiger partial charge on any atom is 0.387 e. The van der Waals surface area contributed by atoms with Crippen molar-refractivity contribution < 1.29 is 23.1 Å². The summed E-state index contributed by atoms with van der Waals surface area (Å²) in [6, 6.07) is 11.0. The molecule has 0 fully saturated rings. The number of hydrogen-bond donors (Lipinski definition) is 1. The molecule has 1 N–H and O–H groups in total. The molecule has 25 heavy (non-hydrogen) atoms. The largest absolute Gasteiger partial charge is 0.434 e. The molecule has 0 saturated heterocycles. The first kappa shape index (κ1) is 16.9. The number of carbonyl (C=O) groups is 2. The Labute approximate surface area is 143 Å². The van der Waals surface area contributed by atoms with Crippen LogP contribution >= 0.6 is 0 Å². The molecule has 0 radical (unpaired) electrons. The molecule has 0 bridgehead atoms. The maximum absolute atomic E-state index is 12.5. The highest BCUT2D eigenvalue weighted by Gasteiger charge is 2.23. The number of ether oxygens (including phenoxy) is 1. The lowest BCUT2D eigenvalue weighted by atomic mass is 10.1. The van der Waals surface area contributed by atoms with Gasteiger partial charge in [-0.25, -0.2) is 0 Å². The van der Waals surface area contributed by atoms with Gasteiger partial charge in [-0.3, -0.25) is 9.59 Å². The monoisotopic (exact) mass is 346 g/mol. The van der Waals surface area contributed by atoms with Crippen molar-refractivity contribution in [3.05, 3.63) is 53.6 Å². The predicted molar refractivity (Wildman–Crippen MR) is 89.2 cm³/mol. The van der Waals surface area contributed by atoms with E-state index in [-0.39, 0.29) is 17.2 Å². The van der Waals surface area contributed by atoms with Crippen molar-refractivity contribution in [1.82, 2.24) is 0 Å². The summed E-state index contributed by atoms with van der Waals surface area (Å²) >= 11 is 0. The minimum Gasteiger partial charge on any atom is -0.434 e. The third kappa shape index (κ3) is 3.60. The molecule has 0 aliphatic carbocycles. The lowest BCUT2D eigenvalue weighted by molar-refractivity contribution is -0.116. The van der Waals surface area contributed by atoms with E-state index in [0.29, 0.717) is 18.7 Å². The summed E-state index contributed by atoms with van der Waals surface area (Å²) in [7, 11) is 0. The van der Waals surface area contributed by atoms with E-state index < -0.39 is 12.5 Å². The van der Waals surface area contributed by atoms with Gasteiger partial charge in [-0.2, -0.15) is 8.78 Å². The normalized spacial score (nSPS) is 12.9. The number of amides is 2. The Kier molecular flexibility index (Phi) is 4.65. The van der Waals surface area contributed by atoms with E-state index in [2.05, 4.69) is 10.1 Å². The van der Waals surface area contributed by atoms with E-state index in [1.54, 1.807) is 29.2 Å². The van der Waals surface area contributed by atoms with E-state index in [0.717, 1.165) is 11.3 Å². The Morgan fingerprint density at radius 3 is 2.68 bits per heavy atom. The van der Waals surface area contributed by atoms with E-state index in [1.807, 2.05) is 0 Å². The van der Waals surface area contributed by atoms with Gasteiger partial charge in [0, 0.05) is 24.8 Å². The van der Waals surface area contributed by atoms with Crippen LogP contribution in [0.25, 0.3) is 0 Å². The molecule has 7 heteroatoms. The number of hydrogen-bond acceptors (Lipinski definition) is 3. The first-order valence-corrected chi connectivity index (χ1v) is 7.72. The molecule has 0 unspecified atom stereocenters. The lowest BCUT2D eigenvalue weighted by Gasteiger charge is -2.15. The van der Waals surface area contributed by atoms with Gasteiger partial charge in [0.15, 0.2) is 0 Å². The second-order valence-corrected chi connectivity index (χ2v) is 5.59. The number of rotatable bonds is 4. The molecule has 2 aromatic carbocycles. The van der Waals surface area contributed by atoms with Gasteiger partial charge in [0.1, 0.15) is 5.75 Å². The molecule has 0 atom stereocenters. The lowest BCUT2D eigenvalue weighted by Crippen LogP contribution is -2.25. The number of halogens is 2. The topological polar surface area (TPSA) is 58.6 Å². The first-order chi connectivity index (χ1) is 12.0. The van der Waals surface area contributed by atoms with Gasteiger partial charge < -0.3 is 15.0 Å². The highest BCUT2D eigenvalue weighted by molar-refractivity contribution is 6.06. The van der Waals surface area contributed by atoms with Gasteiger partial charge in [0.25, 0.3) is 5.91 Å². The Bertz CT molecular complexity index is 824. The van der Waals surface area contributed by atoms with Gasteiger partial charge in [-0.05, 0) is 42.3 Å². The number of carbonyl (C=O) groups excluding carboxylic acids is 2. The number of alkyl halides is 2. The molecular formula is C18H16F2N2O3. The number of anilines is 2. The van der Waals surface area contributed by atoms with E-state index in [9.17, 15) is 18.4 Å². The molecular weight excluding hydrogens is 330 g/mol. The fourth-order valence-electron chi connectivity index (χ4n) is 2.86. The molecule has 0 spiro atoms. The predicted octanol–water partition coefficient (Wildman–Crippen LogP) is 3.45. The average molecular weight is 346 g/mol. The second kappa shape index (κ2) is 6.88. The average Bonchev–Trinajstić information content (AvgIpc) is 2.98. The summed E-state index contributed by atoms with van der Waals surface area (Å²) in [5.41, 5.74) is 2.33. The summed E-state index contributed by atoms with van der Waals surface area (Å²) in [5, 5.41) is 2.68. The molecule has 2 amide bonds. The molecule has 1 heterocycles. The summed E-state index contributed by atoms with van der Waals surface area (Å²) in [6.07, 6.45) is 0.698. The zero-order valence-electron chi connectivity index (χ0n) is 13.5. The fourth-order valence-corrected chi connectivity index (χ4v) is 2.86. The van der Waals surface area contributed by atoms with Crippen molar-refractivity contribution in [3.63, 3.8) is 0 Å². The molecule has 3 rings (SSSR count). The van der Waals surface area contributed by atoms with Crippen LogP contribution in [0.1, 0.15) is 22.8 Å². The quantitative estimate of drug-likeness (QED) is 0.922. The molecule has 1 aliphatic rings. The van der Waals surface area contributed by atoms with Crippen LogP contribution in [0.2, 0.25) is 0 Å². The highest BCUT2D eigenvalue weighted by atomic mass is 19.3. The van der Waals surface area contributed by atoms with E-state index >= 15 is 0 Å². The Morgan fingerprint density at radius 1 is 1.20 bits per heavy atom. The summed E-state index contributed by atoms with van der Waals surface area (Å²) < 4.78 is 29.3. The van der Waals surface area contributed by atoms with Crippen LogP contribution in [-0.4, -0.2) is 25.0 Å². The Hall–Kier alpha value is -2.96. The van der Waals surface area contributed by atoms with Crippen molar-refractivity contribution in [2.75, 3.05) is 16.8 Å². The third-order valence-electron chi connectivity index (χ3n) is 3.96. The van der Waals surface area contributed by atoms with Gasteiger partial charge in [-0.1, -0.05) is 12.1 Å². The van der Waals surface area contributed by atoms with Gasteiger partial charge in [-0.15, -0.1) is 0 Å². The van der Waals surface area contributed by atoms with Crippen LogP contribution in [0, 0.1) is 0 Å². The summed E-state index contributed by atoms with van der Waals surface area (Å²) in [5.74, 6) is -0.759. The van der Waals surface area contributed by atoms with Crippen LogP contribution in [0.5, 0.6) is 5.75 Å². The van der Waals surface area contributed by atoms with Crippen molar-refractivity contribution in [2.24, 2.45) is 0 Å². The van der Waals surface area contributed by atoms with Gasteiger partial charge >= 0.3 is 6.61 Å². The van der Waals surface area contributed by atoms with Crippen molar-refractivity contribution in [3.8, 4) is 5.75 Å². The molecule has 1 aliphatic heterocycles. The van der Waals surface area contributed by atoms with Gasteiger partial charge in [0.05, 0.1) is 5.56 Å². The van der Waals surface area contributed by atoms with Crippen LogP contribution in [0.15, 0.2) is 42.5 Å². The van der Waals surface area contributed by atoms with E-state index in [4.69, 9.17) is 0 Å². The first-order valence-electron chi connectivity index (χ1n) is 7.72. The number of fused-ring (bicyclic) bond motifs is 1. The molecule has 0 saturated carbocycles. The van der Waals surface area contributed by atoms with Crippen LogP contribution in [0.4, 0.5) is 20.2 Å². The number of para-hydroxylation sites is 1. The summed E-state index contributed by atoms with van der Waals surface area (Å²) in [6.45, 7) is -0.899. The van der Waals surface area contributed by atoms with Crippen molar-refractivity contribution >= 4 is 23.2 Å². The molecule has 2 aromatic rings. The number of nitrogens with zero attached hydrogens (tertiary/aromatic N) is 1. The zero-order chi connectivity index (χ0) is 18.0. The molecule has 5 nitrogen and oxygen atoms in total. The zero-order valence-corrected chi connectivity index (χ0v) is 13.5. The van der Waals surface area contributed by atoms with Crippen LogP contribution in [0.3, 0.4) is 0 Å². The minimum atomic E-state index is -3.01. The summed E-state index contributed by atoms with van der Waals surface area (Å²) in [4.78, 5) is 25.6. The smallest absolute Gasteiger partial charge is 0.387 e. The SMILES string of the molecule is CC(=O)N1CCc2cc(NC(=O)c3ccccc3OC(F)F)ccc21. The van der Waals surface area contributed by atoms with E-state index in [1.165, 1.54) is 25.1 Å². The van der Waals surface area contributed by atoms with Crippen molar-refractivity contribution in [1.29, 1.82) is 0 Å². The number of benzene rings is 2.